The maximum atomic E-state index is 12.3. The topological polar surface area (TPSA) is 76.5 Å². The third-order valence-electron chi connectivity index (χ3n) is 4.91. The SMILES string of the molecule is CCC(=O)Oc1c(C(NC2=CCCC=N2)c2cncc(Cl)c2Cl)ccc2cccnc12. The van der Waals surface area contributed by atoms with Crippen LogP contribution >= 0.6 is 23.2 Å². The van der Waals surface area contributed by atoms with Crippen LogP contribution in [0.5, 0.6) is 5.75 Å². The number of hydrogen-bond donors (Lipinski definition) is 1. The van der Waals surface area contributed by atoms with Crippen LogP contribution in [0, 0.1) is 0 Å². The van der Waals surface area contributed by atoms with Crippen molar-refractivity contribution in [3.05, 3.63) is 75.9 Å². The van der Waals surface area contributed by atoms with Gasteiger partial charge in [-0.15, -0.1) is 0 Å². The van der Waals surface area contributed by atoms with Crippen molar-refractivity contribution in [2.45, 2.75) is 32.2 Å². The van der Waals surface area contributed by atoms with Gasteiger partial charge in [0.1, 0.15) is 11.3 Å². The Labute approximate surface area is 190 Å². The highest BCUT2D eigenvalue weighted by Crippen LogP contribution is 2.39. The number of esters is 1. The molecule has 3 heterocycles. The molecule has 158 valence electrons. The van der Waals surface area contributed by atoms with Crippen molar-refractivity contribution in [2.24, 2.45) is 4.99 Å². The van der Waals surface area contributed by atoms with E-state index >= 15 is 0 Å². The minimum absolute atomic E-state index is 0.232. The van der Waals surface area contributed by atoms with E-state index in [1.165, 1.54) is 6.20 Å². The van der Waals surface area contributed by atoms with Gasteiger partial charge in [-0.25, -0.2) is 4.99 Å². The first-order valence-electron chi connectivity index (χ1n) is 9.95. The minimum atomic E-state index is -0.522. The number of hydrogen-bond acceptors (Lipinski definition) is 6. The smallest absolute Gasteiger partial charge is 0.310 e. The number of aliphatic imine (C=N–C) groups is 1. The number of rotatable bonds is 6. The van der Waals surface area contributed by atoms with Gasteiger partial charge in [0.05, 0.1) is 16.1 Å². The molecular weight excluding hydrogens is 435 g/mol. The number of pyridine rings is 2. The summed E-state index contributed by atoms with van der Waals surface area (Å²) in [6, 6.07) is 7.05. The zero-order valence-electron chi connectivity index (χ0n) is 16.8. The molecule has 0 saturated carbocycles. The fourth-order valence-electron chi connectivity index (χ4n) is 3.37. The maximum Gasteiger partial charge on any atom is 0.310 e. The highest BCUT2D eigenvalue weighted by molar-refractivity contribution is 6.42. The molecule has 3 aromatic rings. The second kappa shape index (κ2) is 9.45. The van der Waals surface area contributed by atoms with Crippen LogP contribution in [0.1, 0.15) is 43.4 Å². The van der Waals surface area contributed by atoms with Crippen LogP contribution in [0.4, 0.5) is 0 Å². The van der Waals surface area contributed by atoms with E-state index in [2.05, 4.69) is 20.3 Å². The lowest BCUT2D eigenvalue weighted by molar-refractivity contribution is -0.133. The summed E-state index contributed by atoms with van der Waals surface area (Å²) in [5, 5.41) is 4.97. The number of carbonyl (C=O) groups excluding carboxylic acids is 1. The Bertz CT molecular complexity index is 1190. The average Bonchev–Trinajstić information content (AvgIpc) is 2.80. The molecule has 0 radical (unpaired) electrons. The van der Waals surface area contributed by atoms with Gasteiger partial charge in [0.2, 0.25) is 0 Å². The number of allylic oxidation sites excluding steroid dienone is 1. The van der Waals surface area contributed by atoms with E-state index in [-0.39, 0.29) is 12.4 Å². The molecule has 4 rings (SSSR count). The predicted molar refractivity (Wildman–Crippen MR) is 123 cm³/mol. The Balaban J connectivity index is 1.92. The van der Waals surface area contributed by atoms with Crippen LogP contribution in [-0.4, -0.2) is 22.2 Å². The van der Waals surface area contributed by atoms with Gasteiger partial charge in [-0.1, -0.05) is 48.3 Å². The molecule has 0 amide bonds. The van der Waals surface area contributed by atoms with Crippen LogP contribution < -0.4 is 10.1 Å². The lowest BCUT2D eigenvalue weighted by Crippen LogP contribution is -2.24. The van der Waals surface area contributed by atoms with E-state index in [0.29, 0.717) is 38.3 Å². The molecule has 2 aromatic heterocycles. The van der Waals surface area contributed by atoms with Crippen molar-refractivity contribution in [1.29, 1.82) is 0 Å². The monoisotopic (exact) mass is 454 g/mol. The summed E-state index contributed by atoms with van der Waals surface area (Å²) >= 11 is 12.8. The molecule has 1 unspecified atom stereocenters. The van der Waals surface area contributed by atoms with E-state index in [0.717, 1.165) is 18.2 Å². The van der Waals surface area contributed by atoms with Crippen LogP contribution in [0.2, 0.25) is 10.0 Å². The number of ether oxygens (including phenoxy) is 1. The Hall–Kier alpha value is -2.96. The van der Waals surface area contributed by atoms with E-state index in [1.54, 1.807) is 19.3 Å². The number of aromatic nitrogens is 2. The third-order valence-corrected chi connectivity index (χ3v) is 5.71. The molecule has 8 heteroatoms. The van der Waals surface area contributed by atoms with E-state index in [4.69, 9.17) is 27.9 Å². The molecule has 1 aromatic carbocycles. The molecule has 0 bridgehead atoms. The molecule has 1 atom stereocenters. The van der Waals surface area contributed by atoms with Crippen molar-refractivity contribution >= 4 is 46.3 Å². The second-order valence-electron chi connectivity index (χ2n) is 6.97. The van der Waals surface area contributed by atoms with E-state index in [1.807, 2.05) is 36.6 Å². The summed E-state index contributed by atoms with van der Waals surface area (Å²) in [4.78, 5) is 25.4. The van der Waals surface area contributed by atoms with Gasteiger partial charge in [0.15, 0.2) is 5.75 Å². The van der Waals surface area contributed by atoms with Gasteiger partial charge in [0.25, 0.3) is 0 Å². The molecule has 1 aliphatic rings. The predicted octanol–water partition coefficient (Wildman–Crippen LogP) is 5.64. The van der Waals surface area contributed by atoms with Crippen LogP contribution in [-0.2, 0) is 4.79 Å². The average molecular weight is 455 g/mol. The quantitative estimate of drug-likeness (QED) is 0.385. The first kappa shape index (κ1) is 21.3. The number of benzene rings is 1. The Morgan fingerprint density at radius 1 is 1.19 bits per heavy atom. The van der Waals surface area contributed by atoms with E-state index in [9.17, 15) is 4.79 Å². The van der Waals surface area contributed by atoms with Gasteiger partial charge >= 0.3 is 5.97 Å². The summed E-state index contributed by atoms with van der Waals surface area (Å²) in [7, 11) is 0. The summed E-state index contributed by atoms with van der Waals surface area (Å²) in [5.41, 5.74) is 1.90. The first-order valence-corrected chi connectivity index (χ1v) is 10.7. The lowest BCUT2D eigenvalue weighted by atomic mass is 9.97. The Kier molecular flexibility index (Phi) is 6.49. The van der Waals surface area contributed by atoms with Crippen molar-refractivity contribution in [2.75, 3.05) is 0 Å². The largest absolute Gasteiger partial charge is 0.424 e. The molecule has 6 nitrogen and oxygen atoms in total. The number of halogens is 2. The van der Waals surface area contributed by atoms with Crippen molar-refractivity contribution in [3.63, 3.8) is 0 Å². The minimum Gasteiger partial charge on any atom is -0.424 e. The molecule has 0 saturated heterocycles. The number of carbonyl (C=O) groups is 1. The normalized spacial score (nSPS) is 14.2. The molecule has 1 N–H and O–H groups in total. The molecule has 0 fully saturated rings. The molecular formula is C23H20Cl2N4O2. The van der Waals surface area contributed by atoms with Crippen molar-refractivity contribution < 1.29 is 9.53 Å². The Morgan fingerprint density at radius 2 is 2.06 bits per heavy atom. The highest BCUT2D eigenvalue weighted by Gasteiger charge is 2.26. The number of nitrogens with one attached hydrogen (secondary N) is 1. The van der Waals surface area contributed by atoms with Gasteiger partial charge in [-0.3, -0.25) is 14.8 Å². The fourth-order valence-corrected chi connectivity index (χ4v) is 3.74. The molecule has 31 heavy (non-hydrogen) atoms. The lowest BCUT2D eigenvalue weighted by Gasteiger charge is -2.25. The van der Waals surface area contributed by atoms with Crippen LogP contribution in [0.25, 0.3) is 10.9 Å². The first-order chi connectivity index (χ1) is 15.1. The van der Waals surface area contributed by atoms with E-state index < -0.39 is 6.04 Å². The van der Waals surface area contributed by atoms with Gasteiger partial charge in [-0.05, 0) is 25.0 Å². The zero-order valence-corrected chi connectivity index (χ0v) is 18.3. The van der Waals surface area contributed by atoms with Gasteiger partial charge < -0.3 is 10.1 Å². The molecule has 0 spiro atoms. The van der Waals surface area contributed by atoms with Gasteiger partial charge in [0, 0.05) is 47.7 Å². The summed E-state index contributed by atoms with van der Waals surface area (Å²) in [6.07, 6.45) is 10.7. The van der Waals surface area contributed by atoms with Gasteiger partial charge in [-0.2, -0.15) is 0 Å². The zero-order chi connectivity index (χ0) is 21.8. The number of fused-ring (bicyclic) bond motifs is 1. The maximum absolute atomic E-state index is 12.3. The van der Waals surface area contributed by atoms with Crippen LogP contribution in [0.3, 0.4) is 0 Å². The molecule has 0 aliphatic carbocycles. The summed E-state index contributed by atoms with van der Waals surface area (Å²) in [6.45, 7) is 1.75. The van der Waals surface area contributed by atoms with Crippen molar-refractivity contribution in [3.8, 4) is 5.75 Å². The highest BCUT2D eigenvalue weighted by atomic mass is 35.5. The summed E-state index contributed by atoms with van der Waals surface area (Å²) < 4.78 is 5.77. The van der Waals surface area contributed by atoms with Crippen LogP contribution in [0.15, 0.2) is 59.7 Å². The summed E-state index contributed by atoms with van der Waals surface area (Å²) in [5.74, 6) is 0.712. The number of nitrogens with zero attached hydrogens (tertiary/aromatic N) is 3. The third kappa shape index (κ3) is 4.55. The second-order valence-corrected chi connectivity index (χ2v) is 7.75. The molecule has 1 aliphatic heterocycles. The Morgan fingerprint density at radius 3 is 2.84 bits per heavy atom. The fraction of sp³-hybridized carbons (Fsp3) is 0.217. The standard InChI is InChI=1S/C23H20Cl2N4O2/c1-2-19(30)31-23-15(9-8-14-6-5-11-28-21(14)23)22(29-18-7-3-4-10-27-18)16-12-26-13-17(24)20(16)25/h5-13,22,29H,2-4H2,1H3. The van der Waals surface area contributed by atoms with Crippen molar-refractivity contribution in [1.82, 2.24) is 15.3 Å².